The van der Waals surface area contributed by atoms with Gasteiger partial charge in [-0.15, -0.1) is 0 Å². The second-order valence-corrected chi connectivity index (χ2v) is 4.89. The summed E-state index contributed by atoms with van der Waals surface area (Å²) in [7, 11) is 0. The third-order valence-electron chi connectivity index (χ3n) is 3.49. The number of amides is 1. The lowest BCUT2D eigenvalue weighted by Crippen LogP contribution is -2.42. The molecule has 0 heterocycles. The van der Waals surface area contributed by atoms with E-state index >= 15 is 0 Å². The van der Waals surface area contributed by atoms with Crippen molar-refractivity contribution in [2.24, 2.45) is 0 Å². The van der Waals surface area contributed by atoms with Gasteiger partial charge in [-0.25, -0.2) is 0 Å². The number of hydrogen-bond acceptors (Lipinski definition) is 3. The molecule has 0 aliphatic heterocycles. The molecule has 0 bridgehead atoms. The van der Waals surface area contributed by atoms with Crippen LogP contribution < -0.4 is 5.73 Å². The Kier molecular flexibility index (Phi) is 4.04. The second kappa shape index (κ2) is 5.73. The summed E-state index contributed by atoms with van der Waals surface area (Å²) in [5.74, 6) is -1.20. The Labute approximate surface area is 112 Å². The number of hydrogen-bond donors (Lipinski definition) is 2. The van der Waals surface area contributed by atoms with Crippen molar-refractivity contribution in [3.63, 3.8) is 0 Å². The van der Waals surface area contributed by atoms with Crippen molar-refractivity contribution in [3.05, 3.63) is 29.8 Å². The maximum absolute atomic E-state index is 12.4. The van der Waals surface area contributed by atoms with Crippen LogP contribution in [0.1, 0.15) is 36.0 Å². The molecule has 3 N–H and O–H groups in total. The van der Waals surface area contributed by atoms with Gasteiger partial charge in [-0.2, -0.15) is 0 Å². The molecule has 0 radical (unpaired) electrons. The first kappa shape index (κ1) is 13.4. The first-order valence-electron chi connectivity index (χ1n) is 6.46. The zero-order valence-electron chi connectivity index (χ0n) is 10.7. The van der Waals surface area contributed by atoms with Crippen LogP contribution in [0.3, 0.4) is 0 Å². The van der Waals surface area contributed by atoms with Gasteiger partial charge in [-0.3, -0.25) is 9.59 Å². The average Bonchev–Trinajstić information content (AvgIpc) is 2.89. The number of carbonyl (C=O) groups excluding carboxylic acids is 1. The summed E-state index contributed by atoms with van der Waals surface area (Å²) < 4.78 is 0. The van der Waals surface area contributed by atoms with Crippen molar-refractivity contribution in [3.8, 4) is 0 Å². The largest absolute Gasteiger partial charge is 0.480 e. The maximum atomic E-state index is 12.4. The monoisotopic (exact) mass is 262 g/mol. The van der Waals surface area contributed by atoms with Gasteiger partial charge in [0.25, 0.3) is 5.91 Å². The van der Waals surface area contributed by atoms with Crippen molar-refractivity contribution in [1.29, 1.82) is 0 Å². The number of anilines is 1. The molecule has 102 valence electrons. The number of carbonyl (C=O) groups is 2. The van der Waals surface area contributed by atoms with Gasteiger partial charge >= 0.3 is 5.97 Å². The fraction of sp³-hybridized carbons (Fsp3) is 0.429. The lowest BCUT2D eigenvalue weighted by molar-refractivity contribution is -0.138. The zero-order chi connectivity index (χ0) is 13.8. The van der Waals surface area contributed by atoms with Crippen LogP contribution in [0, 0.1) is 0 Å². The van der Waals surface area contributed by atoms with Crippen LogP contribution in [0.5, 0.6) is 0 Å². The van der Waals surface area contributed by atoms with Crippen LogP contribution >= 0.6 is 0 Å². The fourth-order valence-electron chi connectivity index (χ4n) is 2.52. The van der Waals surface area contributed by atoms with Crippen LogP contribution in [-0.4, -0.2) is 34.5 Å². The molecule has 1 amide bonds. The van der Waals surface area contributed by atoms with Gasteiger partial charge in [0.2, 0.25) is 0 Å². The molecule has 0 aromatic heterocycles. The van der Waals surface area contributed by atoms with Crippen molar-refractivity contribution in [1.82, 2.24) is 4.90 Å². The van der Waals surface area contributed by atoms with E-state index in [1.807, 2.05) is 0 Å². The molecular formula is C14H18N2O3. The number of nitrogens with two attached hydrogens (primary N) is 1. The lowest BCUT2D eigenvalue weighted by atomic mass is 10.1. The molecule has 1 saturated carbocycles. The Morgan fingerprint density at radius 2 is 1.79 bits per heavy atom. The Bertz CT molecular complexity index is 464. The number of nitrogen functional groups attached to an aromatic ring is 1. The highest BCUT2D eigenvalue weighted by Crippen LogP contribution is 2.25. The van der Waals surface area contributed by atoms with E-state index in [4.69, 9.17) is 10.8 Å². The molecule has 2 rings (SSSR count). The molecule has 1 aliphatic rings. The summed E-state index contributed by atoms with van der Waals surface area (Å²) in [6.45, 7) is -0.242. The molecule has 0 spiro atoms. The number of carboxylic acids is 1. The molecule has 1 aromatic carbocycles. The maximum Gasteiger partial charge on any atom is 0.323 e. The first-order chi connectivity index (χ1) is 9.08. The molecular weight excluding hydrogens is 244 g/mol. The third-order valence-corrected chi connectivity index (χ3v) is 3.49. The standard InChI is InChI=1S/C14H18N2O3/c15-11-7-5-10(6-8-11)14(19)16(9-13(17)18)12-3-1-2-4-12/h5-8,12H,1-4,9,15H2,(H,17,18). The number of rotatable bonds is 4. The summed E-state index contributed by atoms with van der Waals surface area (Å²) in [5, 5.41) is 8.97. The van der Waals surface area contributed by atoms with Crippen molar-refractivity contribution >= 4 is 17.6 Å². The first-order valence-corrected chi connectivity index (χ1v) is 6.46. The molecule has 1 aliphatic carbocycles. The van der Waals surface area contributed by atoms with E-state index in [0.29, 0.717) is 11.3 Å². The van der Waals surface area contributed by atoms with E-state index in [-0.39, 0.29) is 18.5 Å². The highest BCUT2D eigenvalue weighted by atomic mass is 16.4. The van der Waals surface area contributed by atoms with Crippen LogP contribution in [0.4, 0.5) is 5.69 Å². The third kappa shape index (κ3) is 3.24. The topological polar surface area (TPSA) is 83.6 Å². The Hall–Kier alpha value is -2.04. The van der Waals surface area contributed by atoms with E-state index in [0.717, 1.165) is 25.7 Å². The van der Waals surface area contributed by atoms with Gasteiger partial charge in [0, 0.05) is 17.3 Å². The Morgan fingerprint density at radius 1 is 1.21 bits per heavy atom. The summed E-state index contributed by atoms with van der Waals surface area (Å²) in [6.07, 6.45) is 3.87. The minimum atomic E-state index is -0.976. The Morgan fingerprint density at radius 3 is 2.32 bits per heavy atom. The van der Waals surface area contributed by atoms with Crippen molar-refractivity contribution < 1.29 is 14.7 Å². The van der Waals surface area contributed by atoms with Gasteiger partial charge in [0.15, 0.2) is 0 Å². The van der Waals surface area contributed by atoms with E-state index in [9.17, 15) is 9.59 Å². The minimum absolute atomic E-state index is 0.0427. The van der Waals surface area contributed by atoms with Gasteiger partial charge in [0.05, 0.1) is 0 Å². The van der Waals surface area contributed by atoms with Crippen LogP contribution in [0.25, 0.3) is 0 Å². The molecule has 5 heteroatoms. The quantitative estimate of drug-likeness (QED) is 0.809. The average molecular weight is 262 g/mol. The van der Waals surface area contributed by atoms with Crippen LogP contribution in [-0.2, 0) is 4.79 Å². The van der Waals surface area contributed by atoms with Gasteiger partial charge in [0.1, 0.15) is 6.54 Å². The van der Waals surface area contributed by atoms with Gasteiger partial charge in [-0.1, -0.05) is 12.8 Å². The molecule has 0 atom stereocenters. The molecule has 1 fully saturated rings. The van der Waals surface area contributed by atoms with Crippen molar-refractivity contribution in [2.45, 2.75) is 31.7 Å². The van der Waals surface area contributed by atoms with Gasteiger partial charge in [-0.05, 0) is 37.1 Å². The minimum Gasteiger partial charge on any atom is -0.480 e. The molecule has 19 heavy (non-hydrogen) atoms. The zero-order valence-corrected chi connectivity index (χ0v) is 10.7. The van der Waals surface area contributed by atoms with E-state index in [1.165, 1.54) is 4.90 Å². The fourth-order valence-corrected chi connectivity index (χ4v) is 2.52. The normalized spacial score (nSPS) is 15.4. The smallest absolute Gasteiger partial charge is 0.323 e. The summed E-state index contributed by atoms with van der Waals surface area (Å²) in [6, 6.07) is 6.63. The number of benzene rings is 1. The van der Waals surface area contributed by atoms with E-state index < -0.39 is 5.97 Å². The van der Waals surface area contributed by atoms with Gasteiger partial charge < -0.3 is 15.7 Å². The van der Waals surface area contributed by atoms with Crippen molar-refractivity contribution in [2.75, 3.05) is 12.3 Å². The molecule has 1 aromatic rings. The van der Waals surface area contributed by atoms with E-state index in [2.05, 4.69) is 0 Å². The number of carboxylic acid groups (broad SMARTS) is 1. The summed E-state index contributed by atoms with van der Waals surface area (Å²) in [4.78, 5) is 24.8. The summed E-state index contributed by atoms with van der Waals surface area (Å²) >= 11 is 0. The SMILES string of the molecule is Nc1ccc(C(=O)N(CC(=O)O)C2CCCC2)cc1. The number of aliphatic carboxylic acids is 1. The Balaban J connectivity index is 2.18. The summed E-state index contributed by atoms with van der Waals surface area (Å²) in [5.41, 5.74) is 6.66. The second-order valence-electron chi connectivity index (χ2n) is 4.89. The molecule has 0 saturated heterocycles. The highest BCUT2D eigenvalue weighted by Gasteiger charge is 2.28. The highest BCUT2D eigenvalue weighted by molar-refractivity contribution is 5.96. The van der Waals surface area contributed by atoms with E-state index in [1.54, 1.807) is 24.3 Å². The number of nitrogens with zero attached hydrogens (tertiary/aromatic N) is 1. The predicted molar refractivity (Wildman–Crippen MR) is 71.8 cm³/mol. The molecule has 0 unspecified atom stereocenters. The van der Waals surface area contributed by atoms with Crippen LogP contribution in [0.2, 0.25) is 0 Å². The predicted octanol–water partition coefficient (Wildman–Crippen LogP) is 1.74. The molecule has 5 nitrogen and oxygen atoms in total. The van der Waals surface area contributed by atoms with Crippen LogP contribution in [0.15, 0.2) is 24.3 Å². The lowest BCUT2D eigenvalue weighted by Gasteiger charge is -2.27.